The minimum Gasteiger partial charge on any atom is -0.497 e. The molecule has 1 N–H and O–H groups in total. The van der Waals surface area contributed by atoms with Crippen LogP contribution in [-0.2, 0) is 11.8 Å². The lowest BCUT2D eigenvalue weighted by atomic mass is 9.99. The highest BCUT2D eigenvalue weighted by Crippen LogP contribution is 2.36. The minimum absolute atomic E-state index is 0.00494. The van der Waals surface area contributed by atoms with Crippen LogP contribution in [0, 0.1) is 19.8 Å². The Morgan fingerprint density at radius 1 is 1.20 bits per heavy atom. The molecular formula is C23H32N4O3. The van der Waals surface area contributed by atoms with Crippen LogP contribution in [0.5, 0.6) is 5.75 Å². The van der Waals surface area contributed by atoms with Gasteiger partial charge < -0.3 is 15.0 Å². The first-order chi connectivity index (χ1) is 14.2. The van der Waals surface area contributed by atoms with E-state index in [4.69, 9.17) is 4.74 Å². The number of rotatable bonds is 6. The zero-order valence-corrected chi connectivity index (χ0v) is 18.7. The van der Waals surface area contributed by atoms with Crippen LogP contribution in [0.3, 0.4) is 0 Å². The van der Waals surface area contributed by atoms with E-state index in [0.29, 0.717) is 17.9 Å². The zero-order valence-electron chi connectivity index (χ0n) is 18.7. The summed E-state index contributed by atoms with van der Waals surface area (Å²) in [5.41, 5.74) is 3.68. The number of aromatic nitrogens is 2. The number of benzene rings is 1. The molecule has 1 aliphatic heterocycles. The molecule has 0 radical (unpaired) electrons. The number of hydrogen-bond acceptors (Lipinski definition) is 4. The summed E-state index contributed by atoms with van der Waals surface area (Å²) in [5.74, 6) is 0.369. The summed E-state index contributed by atoms with van der Waals surface area (Å²) < 4.78 is 7.02. The highest BCUT2D eigenvalue weighted by molar-refractivity contribution is 5.97. The summed E-state index contributed by atoms with van der Waals surface area (Å²) in [6.07, 6.45) is 1.86. The Kier molecular flexibility index (Phi) is 6.48. The number of nitrogens with zero attached hydrogens (tertiary/aromatic N) is 3. The van der Waals surface area contributed by atoms with Crippen LogP contribution in [0.15, 0.2) is 24.3 Å². The molecule has 30 heavy (non-hydrogen) atoms. The van der Waals surface area contributed by atoms with Crippen LogP contribution in [0.1, 0.15) is 60.0 Å². The van der Waals surface area contributed by atoms with E-state index in [1.807, 2.05) is 44.3 Å². The topological polar surface area (TPSA) is 76.5 Å². The molecule has 1 aromatic heterocycles. The number of ether oxygens (including phenoxy) is 1. The maximum Gasteiger partial charge on any atom is 0.251 e. The average Bonchev–Trinajstić information content (AvgIpc) is 3.29. The molecule has 1 aromatic carbocycles. The van der Waals surface area contributed by atoms with Crippen LogP contribution < -0.4 is 10.1 Å². The molecule has 2 amide bonds. The van der Waals surface area contributed by atoms with Crippen LogP contribution in [-0.4, -0.2) is 46.2 Å². The fourth-order valence-electron chi connectivity index (χ4n) is 4.26. The number of methoxy groups -OCH3 is 1. The van der Waals surface area contributed by atoms with E-state index in [1.54, 1.807) is 31.4 Å². The SMILES string of the molecule is COc1ccc(C(=O)NC(C(=O)N2CCCC2c2c(C)nn(C)c2C)C(C)C)cc1. The van der Waals surface area contributed by atoms with Gasteiger partial charge in [-0.3, -0.25) is 14.3 Å². The molecule has 7 nitrogen and oxygen atoms in total. The van der Waals surface area contributed by atoms with Crippen LogP contribution >= 0.6 is 0 Å². The Morgan fingerprint density at radius 3 is 2.40 bits per heavy atom. The fraction of sp³-hybridized carbons (Fsp3) is 0.522. The second-order valence-corrected chi connectivity index (χ2v) is 8.32. The number of carbonyl (C=O) groups excluding carboxylic acids is 2. The lowest BCUT2D eigenvalue weighted by Gasteiger charge is -2.31. The molecule has 1 aliphatic rings. The predicted octanol–water partition coefficient (Wildman–Crippen LogP) is 3.16. The Balaban J connectivity index is 1.81. The molecule has 7 heteroatoms. The smallest absolute Gasteiger partial charge is 0.251 e. The monoisotopic (exact) mass is 412 g/mol. The van der Waals surface area contributed by atoms with E-state index < -0.39 is 6.04 Å². The summed E-state index contributed by atoms with van der Waals surface area (Å²) in [4.78, 5) is 28.3. The van der Waals surface area contributed by atoms with Crippen LogP contribution in [0.2, 0.25) is 0 Å². The van der Waals surface area contributed by atoms with Gasteiger partial charge in [-0.2, -0.15) is 5.10 Å². The summed E-state index contributed by atoms with van der Waals surface area (Å²) in [6, 6.07) is 6.31. The predicted molar refractivity (Wildman–Crippen MR) is 115 cm³/mol. The van der Waals surface area contributed by atoms with Gasteiger partial charge in [0.25, 0.3) is 5.91 Å². The highest BCUT2D eigenvalue weighted by atomic mass is 16.5. The van der Waals surface area contributed by atoms with E-state index >= 15 is 0 Å². The Labute approximate surface area is 178 Å². The summed E-state index contributed by atoms with van der Waals surface area (Å²) in [6.45, 7) is 8.65. The molecule has 1 fully saturated rings. The van der Waals surface area contributed by atoms with Crippen molar-refractivity contribution in [3.63, 3.8) is 0 Å². The van der Waals surface area contributed by atoms with Gasteiger partial charge in [0, 0.05) is 30.4 Å². The van der Waals surface area contributed by atoms with Crippen molar-refractivity contribution in [2.75, 3.05) is 13.7 Å². The number of likely N-dealkylation sites (tertiary alicyclic amines) is 1. The number of nitrogens with one attached hydrogen (secondary N) is 1. The molecule has 2 atom stereocenters. The molecule has 162 valence electrons. The second-order valence-electron chi connectivity index (χ2n) is 8.32. The molecule has 0 bridgehead atoms. The summed E-state index contributed by atoms with van der Waals surface area (Å²) in [7, 11) is 3.51. The van der Waals surface area contributed by atoms with Gasteiger partial charge in [0.15, 0.2) is 0 Å². The van der Waals surface area contributed by atoms with Crippen molar-refractivity contribution in [1.29, 1.82) is 0 Å². The zero-order chi connectivity index (χ0) is 22.0. The Bertz CT molecular complexity index is 917. The molecular weight excluding hydrogens is 380 g/mol. The van der Waals surface area contributed by atoms with Gasteiger partial charge in [0.05, 0.1) is 18.8 Å². The van der Waals surface area contributed by atoms with Crippen molar-refractivity contribution in [2.45, 2.75) is 52.6 Å². The quantitative estimate of drug-likeness (QED) is 0.791. The molecule has 0 spiro atoms. The molecule has 0 aliphatic carbocycles. The molecule has 2 aromatic rings. The van der Waals surface area contributed by atoms with E-state index in [0.717, 1.165) is 29.8 Å². The van der Waals surface area contributed by atoms with Gasteiger partial charge in [-0.25, -0.2) is 0 Å². The maximum atomic E-state index is 13.5. The fourth-order valence-corrected chi connectivity index (χ4v) is 4.26. The highest BCUT2D eigenvalue weighted by Gasteiger charge is 2.38. The second kappa shape index (κ2) is 8.90. The standard InChI is InChI=1S/C23H32N4O3/c1-14(2)21(24-22(28)17-9-11-18(30-6)12-10-17)23(29)27-13-7-8-19(27)20-15(3)25-26(5)16(20)4/h9-12,14,19,21H,7-8,13H2,1-6H3,(H,24,28). The lowest BCUT2D eigenvalue weighted by molar-refractivity contribution is -0.135. The van der Waals surface area contributed by atoms with Gasteiger partial charge in [-0.1, -0.05) is 13.8 Å². The van der Waals surface area contributed by atoms with E-state index in [-0.39, 0.29) is 23.8 Å². The molecule has 3 rings (SSSR count). The van der Waals surface area contributed by atoms with Gasteiger partial charge in [-0.05, 0) is 56.9 Å². The van der Waals surface area contributed by atoms with Gasteiger partial charge in [0.1, 0.15) is 11.8 Å². The van der Waals surface area contributed by atoms with Gasteiger partial charge in [0.2, 0.25) is 5.91 Å². The molecule has 0 saturated carbocycles. The normalized spacial score (nSPS) is 17.3. The third kappa shape index (κ3) is 4.20. The average molecular weight is 413 g/mol. The Morgan fingerprint density at radius 2 is 1.87 bits per heavy atom. The van der Waals surface area contributed by atoms with E-state index in [9.17, 15) is 9.59 Å². The van der Waals surface area contributed by atoms with E-state index in [2.05, 4.69) is 10.4 Å². The number of hydrogen-bond donors (Lipinski definition) is 1. The van der Waals surface area contributed by atoms with Crippen LogP contribution in [0.25, 0.3) is 0 Å². The Hall–Kier alpha value is -2.83. The first kappa shape index (κ1) is 21.9. The minimum atomic E-state index is -0.586. The maximum absolute atomic E-state index is 13.5. The third-order valence-electron chi connectivity index (χ3n) is 6.01. The van der Waals surface area contributed by atoms with Crippen molar-refractivity contribution in [2.24, 2.45) is 13.0 Å². The lowest BCUT2D eigenvalue weighted by Crippen LogP contribution is -2.51. The third-order valence-corrected chi connectivity index (χ3v) is 6.01. The van der Waals surface area contributed by atoms with Crippen molar-refractivity contribution < 1.29 is 14.3 Å². The van der Waals surface area contributed by atoms with Gasteiger partial charge >= 0.3 is 0 Å². The van der Waals surface area contributed by atoms with Crippen LogP contribution in [0.4, 0.5) is 0 Å². The summed E-state index contributed by atoms with van der Waals surface area (Å²) in [5, 5.41) is 7.49. The first-order valence-corrected chi connectivity index (χ1v) is 10.5. The molecule has 1 saturated heterocycles. The largest absolute Gasteiger partial charge is 0.497 e. The van der Waals surface area contributed by atoms with Crippen molar-refractivity contribution in [3.8, 4) is 5.75 Å². The number of aryl methyl sites for hydroxylation is 2. The van der Waals surface area contributed by atoms with Crippen molar-refractivity contribution in [3.05, 3.63) is 46.8 Å². The molecule has 2 unspecified atom stereocenters. The number of carbonyl (C=O) groups is 2. The molecule has 2 heterocycles. The van der Waals surface area contributed by atoms with Crippen molar-refractivity contribution >= 4 is 11.8 Å². The van der Waals surface area contributed by atoms with E-state index in [1.165, 1.54) is 0 Å². The van der Waals surface area contributed by atoms with Gasteiger partial charge in [-0.15, -0.1) is 0 Å². The first-order valence-electron chi connectivity index (χ1n) is 10.5. The number of amides is 2. The summed E-state index contributed by atoms with van der Waals surface area (Å²) >= 11 is 0. The van der Waals surface area contributed by atoms with Crippen molar-refractivity contribution in [1.82, 2.24) is 20.0 Å².